The van der Waals surface area contributed by atoms with E-state index in [2.05, 4.69) is 39.5 Å². The summed E-state index contributed by atoms with van der Waals surface area (Å²) in [5.41, 5.74) is 8.00. The normalized spacial score (nSPS) is 19.7. The van der Waals surface area contributed by atoms with Crippen LogP contribution in [0.4, 0.5) is 0 Å². The summed E-state index contributed by atoms with van der Waals surface area (Å²) in [6.45, 7) is 0. The fourth-order valence-corrected chi connectivity index (χ4v) is 5.07. The quantitative estimate of drug-likeness (QED) is 0.702. The van der Waals surface area contributed by atoms with E-state index in [1.165, 1.54) is 65.1 Å². The molecule has 20 heavy (non-hydrogen) atoms. The largest absolute Gasteiger partial charge is 0.324 e. The van der Waals surface area contributed by atoms with Crippen molar-refractivity contribution in [3.8, 4) is 0 Å². The average Bonchev–Trinajstić information content (AvgIpc) is 2.83. The Balaban J connectivity index is 1.87. The summed E-state index contributed by atoms with van der Waals surface area (Å²) in [7, 11) is 0. The van der Waals surface area contributed by atoms with E-state index in [9.17, 15) is 0 Å². The van der Waals surface area contributed by atoms with Crippen LogP contribution in [0.1, 0.15) is 56.6 Å². The van der Waals surface area contributed by atoms with Gasteiger partial charge in [0.25, 0.3) is 0 Å². The topological polar surface area (TPSA) is 26.0 Å². The molecule has 0 radical (unpaired) electrons. The van der Waals surface area contributed by atoms with E-state index in [-0.39, 0.29) is 6.04 Å². The minimum atomic E-state index is 0.205. The highest BCUT2D eigenvalue weighted by molar-refractivity contribution is 9.10. The summed E-state index contributed by atoms with van der Waals surface area (Å²) in [6, 6.07) is 6.66. The van der Waals surface area contributed by atoms with Crippen molar-refractivity contribution >= 4 is 37.4 Å². The predicted molar refractivity (Wildman–Crippen MR) is 92.3 cm³/mol. The van der Waals surface area contributed by atoms with Crippen molar-refractivity contribution in [1.29, 1.82) is 0 Å². The van der Waals surface area contributed by atoms with Crippen LogP contribution in [0.3, 0.4) is 0 Å². The molecule has 1 saturated carbocycles. The van der Waals surface area contributed by atoms with Gasteiger partial charge in [0.2, 0.25) is 0 Å². The first kappa shape index (κ1) is 14.6. The zero-order valence-corrected chi connectivity index (χ0v) is 14.2. The molecule has 1 heterocycles. The fourth-order valence-electron chi connectivity index (χ4n) is 3.40. The van der Waals surface area contributed by atoms with Crippen LogP contribution in [0.15, 0.2) is 28.1 Å². The molecule has 3 heteroatoms. The van der Waals surface area contributed by atoms with E-state index in [0.717, 1.165) is 0 Å². The van der Waals surface area contributed by atoms with E-state index >= 15 is 0 Å². The lowest BCUT2D eigenvalue weighted by molar-refractivity contribution is 0.329. The number of hydrogen-bond donors (Lipinski definition) is 1. The second-order valence-electron chi connectivity index (χ2n) is 5.94. The number of hydrogen-bond acceptors (Lipinski definition) is 2. The highest BCUT2D eigenvalue weighted by atomic mass is 79.9. The van der Waals surface area contributed by atoms with Gasteiger partial charge in [-0.3, -0.25) is 0 Å². The zero-order chi connectivity index (χ0) is 13.9. The molecule has 3 rings (SSSR count). The van der Waals surface area contributed by atoms with Gasteiger partial charge in [-0.25, -0.2) is 0 Å². The molecule has 1 nitrogen and oxygen atoms in total. The summed E-state index contributed by atoms with van der Waals surface area (Å²) < 4.78 is 2.53. The minimum Gasteiger partial charge on any atom is -0.324 e. The van der Waals surface area contributed by atoms with Gasteiger partial charge in [-0.15, -0.1) is 11.3 Å². The molecular weight excluding hydrogens is 330 g/mol. The van der Waals surface area contributed by atoms with E-state index in [0.29, 0.717) is 5.92 Å². The van der Waals surface area contributed by atoms with Crippen LogP contribution in [-0.2, 0) is 0 Å². The Bertz CT molecular complexity index is 569. The molecule has 0 aliphatic heterocycles. The molecule has 0 bridgehead atoms. The Morgan fingerprint density at radius 1 is 1.10 bits per heavy atom. The highest BCUT2D eigenvalue weighted by Gasteiger charge is 2.22. The van der Waals surface area contributed by atoms with E-state index in [4.69, 9.17) is 5.73 Å². The van der Waals surface area contributed by atoms with E-state index < -0.39 is 0 Å². The second kappa shape index (κ2) is 6.59. The Kier molecular flexibility index (Phi) is 4.79. The van der Waals surface area contributed by atoms with Crippen molar-refractivity contribution in [1.82, 2.24) is 0 Å². The number of rotatable bonds is 2. The van der Waals surface area contributed by atoms with Gasteiger partial charge in [0.1, 0.15) is 0 Å². The van der Waals surface area contributed by atoms with Gasteiger partial charge in [0, 0.05) is 15.2 Å². The van der Waals surface area contributed by atoms with Crippen molar-refractivity contribution in [2.75, 3.05) is 0 Å². The van der Waals surface area contributed by atoms with Crippen LogP contribution in [0.5, 0.6) is 0 Å². The molecule has 1 aliphatic carbocycles. The molecule has 0 spiro atoms. The Morgan fingerprint density at radius 3 is 2.55 bits per heavy atom. The number of thiophene rings is 1. The van der Waals surface area contributed by atoms with Gasteiger partial charge >= 0.3 is 0 Å². The SMILES string of the molecule is NC(c1csc2c(Br)cccc12)C1CCCCCCC1. The smallest absolute Gasteiger partial charge is 0.0488 e. The van der Waals surface area contributed by atoms with Crippen molar-refractivity contribution in [3.63, 3.8) is 0 Å². The molecule has 1 aliphatic rings. The lowest BCUT2D eigenvalue weighted by Gasteiger charge is -2.25. The maximum absolute atomic E-state index is 6.64. The third kappa shape index (κ3) is 2.95. The van der Waals surface area contributed by atoms with E-state index in [1.807, 2.05) is 11.3 Å². The van der Waals surface area contributed by atoms with Gasteiger partial charge in [0.15, 0.2) is 0 Å². The van der Waals surface area contributed by atoms with E-state index in [1.54, 1.807) is 0 Å². The van der Waals surface area contributed by atoms with Gasteiger partial charge in [-0.2, -0.15) is 0 Å². The molecule has 108 valence electrons. The molecule has 2 N–H and O–H groups in total. The summed E-state index contributed by atoms with van der Waals surface area (Å²) in [5, 5.41) is 3.62. The Hall–Kier alpha value is -0.380. The maximum Gasteiger partial charge on any atom is 0.0488 e. The van der Waals surface area contributed by atoms with Crippen LogP contribution in [0, 0.1) is 5.92 Å². The zero-order valence-electron chi connectivity index (χ0n) is 11.8. The van der Waals surface area contributed by atoms with Gasteiger partial charge < -0.3 is 5.73 Å². The third-order valence-corrected chi connectivity index (χ3v) is 6.57. The lowest BCUT2D eigenvalue weighted by Crippen LogP contribution is -2.22. The number of halogens is 1. The first-order chi connectivity index (χ1) is 9.77. The minimum absolute atomic E-state index is 0.205. The van der Waals surface area contributed by atoms with Crippen LogP contribution >= 0.6 is 27.3 Å². The van der Waals surface area contributed by atoms with Crippen molar-refractivity contribution in [3.05, 3.63) is 33.6 Å². The standard InChI is InChI=1S/C17H22BrNS/c18-15-10-6-9-13-14(11-20-17(13)15)16(19)12-7-4-2-1-3-5-8-12/h6,9-12,16H,1-5,7-8,19H2. The second-order valence-corrected chi connectivity index (χ2v) is 7.67. The summed E-state index contributed by atoms with van der Waals surface area (Å²) in [4.78, 5) is 0. The molecule has 1 aromatic carbocycles. The summed E-state index contributed by atoms with van der Waals surface area (Å²) in [6.07, 6.45) is 9.49. The van der Waals surface area contributed by atoms with Crippen LogP contribution < -0.4 is 5.73 Å². The Labute approximate surface area is 133 Å². The fraction of sp³-hybridized carbons (Fsp3) is 0.529. The van der Waals surface area contributed by atoms with Crippen molar-refractivity contribution in [2.45, 2.75) is 51.0 Å². The first-order valence-electron chi connectivity index (χ1n) is 7.68. The average molecular weight is 352 g/mol. The van der Waals surface area contributed by atoms with Crippen LogP contribution in [0.2, 0.25) is 0 Å². The Morgan fingerprint density at radius 2 is 1.80 bits per heavy atom. The molecule has 0 saturated heterocycles. The maximum atomic E-state index is 6.64. The summed E-state index contributed by atoms with van der Waals surface area (Å²) >= 11 is 5.46. The third-order valence-electron chi connectivity index (χ3n) is 4.60. The number of nitrogens with two attached hydrogens (primary N) is 1. The van der Waals surface area contributed by atoms with Crippen molar-refractivity contribution < 1.29 is 0 Å². The molecular formula is C17H22BrNS. The highest BCUT2D eigenvalue weighted by Crippen LogP contribution is 2.39. The molecule has 1 fully saturated rings. The van der Waals surface area contributed by atoms with Gasteiger partial charge in [-0.1, -0.05) is 44.2 Å². The van der Waals surface area contributed by atoms with Crippen LogP contribution in [0.25, 0.3) is 10.1 Å². The van der Waals surface area contributed by atoms with Gasteiger partial charge in [-0.05, 0) is 57.1 Å². The molecule has 1 unspecified atom stereocenters. The van der Waals surface area contributed by atoms with Gasteiger partial charge in [0.05, 0.1) is 0 Å². The van der Waals surface area contributed by atoms with Crippen molar-refractivity contribution in [2.24, 2.45) is 11.7 Å². The van der Waals surface area contributed by atoms with Crippen LogP contribution in [-0.4, -0.2) is 0 Å². The molecule has 2 aromatic rings. The summed E-state index contributed by atoms with van der Waals surface area (Å²) in [5.74, 6) is 0.659. The monoisotopic (exact) mass is 351 g/mol. The number of benzene rings is 1. The first-order valence-corrected chi connectivity index (χ1v) is 9.36. The lowest BCUT2D eigenvalue weighted by atomic mass is 9.83. The predicted octanol–water partition coefficient (Wildman–Crippen LogP) is 6.02. The molecule has 0 amide bonds. The molecule has 1 aromatic heterocycles. The molecule has 1 atom stereocenters. The number of fused-ring (bicyclic) bond motifs is 1.